The van der Waals surface area contributed by atoms with Crippen LogP contribution in [0.4, 0.5) is 19.0 Å². The van der Waals surface area contributed by atoms with Crippen LogP contribution < -0.4 is 10.2 Å². The third-order valence-electron chi connectivity index (χ3n) is 4.17. The molecule has 0 amide bonds. The average molecular weight is 327 g/mol. The van der Waals surface area contributed by atoms with Gasteiger partial charge in [-0.15, -0.1) is 5.10 Å². The monoisotopic (exact) mass is 327 g/mol. The molecule has 2 aromatic rings. The molecule has 1 unspecified atom stereocenters. The number of anilines is 1. The van der Waals surface area contributed by atoms with Crippen LogP contribution in [0.15, 0.2) is 6.33 Å². The lowest BCUT2D eigenvalue weighted by molar-refractivity contribution is -0.139. The fourth-order valence-corrected chi connectivity index (χ4v) is 2.98. The molecule has 0 spiro atoms. The summed E-state index contributed by atoms with van der Waals surface area (Å²) in [4.78, 5) is 10.3. The van der Waals surface area contributed by atoms with Gasteiger partial charge < -0.3 is 10.2 Å². The van der Waals surface area contributed by atoms with Crippen molar-refractivity contribution in [2.45, 2.75) is 37.5 Å². The van der Waals surface area contributed by atoms with Crippen molar-refractivity contribution in [3.05, 3.63) is 6.33 Å². The number of aromatic nitrogens is 5. The fraction of sp³-hybridized carbons (Fsp3) is 0.692. The topological polar surface area (TPSA) is 71.8 Å². The Hall–Kier alpha value is -1.97. The highest BCUT2D eigenvalue weighted by atomic mass is 19.4. The maximum Gasteiger partial charge on any atom is 0.390 e. The molecule has 10 heteroatoms. The Bertz CT molecular complexity index is 709. The SMILES string of the molecule is FC(F)(F)CC1CN(c2ncnc3c2nnn3C2CC2)CCN1. The number of hydrogen-bond donors (Lipinski definition) is 1. The molecule has 4 rings (SSSR count). The number of alkyl halides is 3. The molecule has 0 bridgehead atoms. The summed E-state index contributed by atoms with van der Waals surface area (Å²) in [6.45, 7) is 1.29. The first-order valence-electron chi connectivity index (χ1n) is 7.62. The van der Waals surface area contributed by atoms with Gasteiger partial charge in [0.2, 0.25) is 0 Å². The number of piperazine rings is 1. The summed E-state index contributed by atoms with van der Waals surface area (Å²) in [5.41, 5.74) is 1.22. The summed E-state index contributed by atoms with van der Waals surface area (Å²) in [6, 6.07) is -0.309. The van der Waals surface area contributed by atoms with Crippen LogP contribution in [0, 0.1) is 0 Å². The Morgan fingerprint density at radius 2 is 2.09 bits per heavy atom. The van der Waals surface area contributed by atoms with Gasteiger partial charge in [0.05, 0.1) is 12.5 Å². The number of fused-ring (bicyclic) bond motifs is 1. The second-order valence-corrected chi connectivity index (χ2v) is 6.05. The molecular formula is C13H16F3N7. The maximum atomic E-state index is 12.6. The quantitative estimate of drug-likeness (QED) is 0.916. The van der Waals surface area contributed by atoms with Crippen LogP contribution in [0.5, 0.6) is 0 Å². The molecule has 0 aromatic carbocycles. The second-order valence-electron chi connectivity index (χ2n) is 6.05. The molecule has 2 aromatic heterocycles. The molecule has 7 nitrogen and oxygen atoms in total. The van der Waals surface area contributed by atoms with E-state index >= 15 is 0 Å². The minimum absolute atomic E-state index is 0.238. The molecule has 1 saturated carbocycles. The van der Waals surface area contributed by atoms with Crippen molar-refractivity contribution in [1.82, 2.24) is 30.3 Å². The van der Waals surface area contributed by atoms with Crippen LogP contribution >= 0.6 is 0 Å². The van der Waals surface area contributed by atoms with E-state index in [-0.39, 0.29) is 6.54 Å². The number of nitrogens with one attached hydrogen (secondary N) is 1. The Morgan fingerprint density at radius 1 is 1.26 bits per heavy atom. The van der Waals surface area contributed by atoms with Gasteiger partial charge in [-0.3, -0.25) is 0 Å². The molecule has 1 atom stereocenters. The Kier molecular flexibility index (Phi) is 3.36. The molecular weight excluding hydrogens is 311 g/mol. The summed E-state index contributed by atoms with van der Waals surface area (Å²) < 4.78 is 39.6. The third-order valence-corrected chi connectivity index (χ3v) is 4.17. The molecule has 2 aliphatic rings. The first-order chi connectivity index (χ1) is 11.0. The summed E-state index contributed by atoms with van der Waals surface area (Å²) >= 11 is 0. The Morgan fingerprint density at radius 3 is 2.83 bits per heavy atom. The molecule has 2 fully saturated rings. The normalized spacial score (nSPS) is 22.7. The van der Waals surface area contributed by atoms with Crippen LogP contribution in [-0.2, 0) is 0 Å². The van der Waals surface area contributed by atoms with Gasteiger partial charge in [-0.25, -0.2) is 14.6 Å². The molecule has 3 heterocycles. The van der Waals surface area contributed by atoms with E-state index in [1.807, 2.05) is 4.90 Å². The lowest BCUT2D eigenvalue weighted by atomic mass is 10.1. The van der Waals surface area contributed by atoms with E-state index in [2.05, 4.69) is 25.6 Å². The van der Waals surface area contributed by atoms with E-state index in [4.69, 9.17) is 0 Å². The minimum atomic E-state index is -4.18. The van der Waals surface area contributed by atoms with Gasteiger partial charge in [-0.05, 0) is 12.8 Å². The Labute approximate surface area is 129 Å². The molecule has 1 aliphatic carbocycles. The van der Waals surface area contributed by atoms with E-state index in [1.165, 1.54) is 6.33 Å². The molecule has 23 heavy (non-hydrogen) atoms. The van der Waals surface area contributed by atoms with Gasteiger partial charge in [0, 0.05) is 25.7 Å². The van der Waals surface area contributed by atoms with E-state index in [9.17, 15) is 13.2 Å². The smallest absolute Gasteiger partial charge is 0.352 e. The number of nitrogens with zero attached hydrogens (tertiary/aromatic N) is 6. The van der Waals surface area contributed by atoms with Crippen LogP contribution in [-0.4, -0.2) is 56.8 Å². The molecule has 124 valence electrons. The zero-order valence-corrected chi connectivity index (χ0v) is 12.3. The van der Waals surface area contributed by atoms with E-state index in [0.29, 0.717) is 36.1 Å². The highest BCUT2D eigenvalue weighted by Crippen LogP contribution is 2.36. The predicted molar refractivity (Wildman–Crippen MR) is 76.1 cm³/mol. The molecule has 0 radical (unpaired) electrons. The molecule has 1 aliphatic heterocycles. The van der Waals surface area contributed by atoms with Gasteiger partial charge in [0.15, 0.2) is 17.0 Å². The van der Waals surface area contributed by atoms with Gasteiger partial charge >= 0.3 is 6.18 Å². The maximum absolute atomic E-state index is 12.6. The van der Waals surface area contributed by atoms with Crippen LogP contribution in [0.2, 0.25) is 0 Å². The van der Waals surface area contributed by atoms with E-state index in [0.717, 1.165) is 12.8 Å². The first kappa shape index (κ1) is 14.6. The van der Waals surface area contributed by atoms with Crippen molar-refractivity contribution in [3.63, 3.8) is 0 Å². The third kappa shape index (κ3) is 2.94. The minimum Gasteiger partial charge on any atom is -0.352 e. The summed E-state index contributed by atoms with van der Waals surface area (Å²) in [7, 11) is 0. The van der Waals surface area contributed by atoms with Crippen LogP contribution in [0.1, 0.15) is 25.3 Å². The zero-order valence-electron chi connectivity index (χ0n) is 12.3. The predicted octanol–water partition coefficient (Wildman–Crippen LogP) is 1.29. The highest BCUT2D eigenvalue weighted by Gasteiger charge is 2.35. The van der Waals surface area contributed by atoms with Gasteiger partial charge in [0.1, 0.15) is 6.33 Å². The fourth-order valence-electron chi connectivity index (χ4n) is 2.98. The van der Waals surface area contributed by atoms with Crippen molar-refractivity contribution in [3.8, 4) is 0 Å². The zero-order chi connectivity index (χ0) is 16.0. The van der Waals surface area contributed by atoms with Gasteiger partial charge in [0.25, 0.3) is 0 Å². The lowest BCUT2D eigenvalue weighted by Gasteiger charge is -2.34. The average Bonchev–Trinajstić information content (AvgIpc) is 3.24. The van der Waals surface area contributed by atoms with Crippen molar-refractivity contribution in [1.29, 1.82) is 0 Å². The number of halogens is 3. The van der Waals surface area contributed by atoms with Crippen molar-refractivity contribution in [2.24, 2.45) is 0 Å². The highest BCUT2D eigenvalue weighted by molar-refractivity contribution is 5.82. The standard InChI is InChI=1S/C13H16F3N7/c14-13(15,16)5-8-6-22(4-3-17-8)11-10-12(19-7-18-11)23(21-20-10)9-1-2-9/h7-9,17H,1-6H2. The van der Waals surface area contributed by atoms with Crippen molar-refractivity contribution >= 4 is 17.0 Å². The van der Waals surface area contributed by atoms with E-state index < -0.39 is 18.6 Å². The van der Waals surface area contributed by atoms with Gasteiger partial charge in [-0.2, -0.15) is 13.2 Å². The largest absolute Gasteiger partial charge is 0.390 e. The van der Waals surface area contributed by atoms with Crippen LogP contribution in [0.25, 0.3) is 11.2 Å². The lowest BCUT2D eigenvalue weighted by Crippen LogP contribution is -2.52. The second kappa shape index (κ2) is 5.29. The van der Waals surface area contributed by atoms with Crippen molar-refractivity contribution < 1.29 is 13.2 Å². The van der Waals surface area contributed by atoms with Crippen LogP contribution in [0.3, 0.4) is 0 Å². The van der Waals surface area contributed by atoms with Gasteiger partial charge in [-0.1, -0.05) is 5.21 Å². The molecule has 1 N–H and O–H groups in total. The summed E-state index contributed by atoms with van der Waals surface area (Å²) in [5.74, 6) is 0.565. The van der Waals surface area contributed by atoms with E-state index in [1.54, 1.807) is 4.68 Å². The number of hydrogen-bond acceptors (Lipinski definition) is 6. The Balaban J connectivity index is 1.61. The summed E-state index contributed by atoms with van der Waals surface area (Å²) in [6.07, 6.45) is -1.50. The molecule has 1 saturated heterocycles. The van der Waals surface area contributed by atoms with Crippen molar-refractivity contribution in [2.75, 3.05) is 24.5 Å². The first-order valence-corrected chi connectivity index (χ1v) is 7.62. The summed E-state index contributed by atoms with van der Waals surface area (Å²) in [5, 5.41) is 11.2. The number of rotatable bonds is 3.